The van der Waals surface area contributed by atoms with E-state index in [-0.39, 0.29) is 11.9 Å². The molecule has 1 N–H and O–H groups in total. The van der Waals surface area contributed by atoms with Gasteiger partial charge >= 0.3 is 0 Å². The molecule has 4 heteroatoms. The van der Waals surface area contributed by atoms with Gasteiger partial charge in [-0.05, 0) is 48.9 Å². The lowest BCUT2D eigenvalue weighted by molar-refractivity contribution is 0.0940. The normalized spacial score (nSPS) is 11.8. The number of nitrogens with one attached hydrogen (secondary N) is 1. The van der Waals surface area contributed by atoms with E-state index in [0.717, 1.165) is 11.3 Å². The van der Waals surface area contributed by atoms with Gasteiger partial charge in [-0.1, -0.05) is 23.7 Å². The van der Waals surface area contributed by atoms with Gasteiger partial charge < -0.3 is 10.1 Å². The van der Waals surface area contributed by atoms with E-state index in [1.165, 1.54) is 0 Å². The number of carbonyl (C=O) groups is 1. The van der Waals surface area contributed by atoms with E-state index >= 15 is 0 Å². The lowest BCUT2D eigenvalue weighted by atomic mass is 10.1. The maximum absolute atomic E-state index is 12.1. The summed E-state index contributed by atoms with van der Waals surface area (Å²) in [6, 6.07) is 14.4. The van der Waals surface area contributed by atoms with Crippen LogP contribution in [0.4, 0.5) is 0 Å². The van der Waals surface area contributed by atoms with Crippen LogP contribution in [0.1, 0.15) is 28.9 Å². The fourth-order valence-corrected chi connectivity index (χ4v) is 1.98. The Morgan fingerprint density at radius 2 is 1.70 bits per heavy atom. The predicted molar refractivity (Wildman–Crippen MR) is 80.3 cm³/mol. The topological polar surface area (TPSA) is 38.3 Å². The molecule has 0 heterocycles. The van der Waals surface area contributed by atoms with Gasteiger partial charge in [0.1, 0.15) is 5.75 Å². The molecule has 0 aromatic heterocycles. The summed E-state index contributed by atoms with van der Waals surface area (Å²) in [5, 5.41) is 3.63. The van der Waals surface area contributed by atoms with Crippen LogP contribution in [0, 0.1) is 0 Å². The number of hydrogen-bond acceptors (Lipinski definition) is 2. The molecular formula is C16H16ClNO2. The van der Waals surface area contributed by atoms with Gasteiger partial charge in [0.2, 0.25) is 0 Å². The molecule has 0 saturated carbocycles. The Bertz CT molecular complexity index is 578. The second-order valence-corrected chi connectivity index (χ2v) is 4.91. The quantitative estimate of drug-likeness (QED) is 0.929. The fourth-order valence-electron chi connectivity index (χ4n) is 1.86. The number of halogens is 1. The van der Waals surface area contributed by atoms with Crippen LogP contribution in [0.15, 0.2) is 48.5 Å². The highest BCUT2D eigenvalue weighted by molar-refractivity contribution is 6.30. The number of ether oxygens (including phenoxy) is 1. The van der Waals surface area contributed by atoms with Crippen molar-refractivity contribution in [2.75, 3.05) is 7.11 Å². The van der Waals surface area contributed by atoms with Crippen LogP contribution in [-0.2, 0) is 0 Å². The first-order chi connectivity index (χ1) is 9.60. The average Bonchev–Trinajstić information content (AvgIpc) is 2.48. The molecule has 2 aromatic rings. The summed E-state index contributed by atoms with van der Waals surface area (Å²) in [5.41, 5.74) is 1.61. The zero-order valence-corrected chi connectivity index (χ0v) is 12.1. The van der Waals surface area contributed by atoms with Crippen molar-refractivity contribution in [2.24, 2.45) is 0 Å². The summed E-state index contributed by atoms with van der Waals surface area (Å²) in [6.45, 7) is 1.94. The molecule has 2 aromatic carbocycles. The second kappa shape index (κ2) is 6.44. The molecule has 104 valence electrons. The smallest absolute Gasteiger partial charge is 0.251 e. The highest BCUT2D eigenvalue weighted by Gasteiger charge is 2.11. The lowest BCUT2D eigenvalue weighted by Gasteiger charge is -2.14. The second-order valence-electron chi connectivity index (χ2n) is 4.48. The Morgan fingerprint density at radius 1 is 1.10 bits per heavy atom. The van der Waals surface area contributed by atoms with Crippen LogP contribution >= 0.6 is 11.6 Å². The summed E-state index contributed by atoms with van der Waals surface area (Å²) in [6.07, 6.45) is 0. The molecule has 0 aliphatic carbocycles. The minimum Gasteiger partial charge on any atom is -0.497 e. The van der Waals surface area contributed by atoms with Crippen molar-refractivity contribution in [3.05, 3.63) is 64.7 Å². The number of rotatable bonds is 4. The number of benzene rings is 2. The van der Waals surface area contributed by atoms with Gasteiger partial charge in [0, 0.05) is 10.6 Å². The molecule has 1 atom stereocenters. The maximum Gasteiger partial charge on any atom is 0.251 e. The first-order valence-electron chi connectivity index (χ1n) is 6.30. The van der Waals surface area contributed by atoms with E-state index in [1.54, 1.807) is 31.4 Å². The summed E-state index contributed by atoms with van der Waals surface area (Å²) >= 11 is 5.85. The third-order valence-corrected chi connectivity index (χ3v) is 3.32. The number of amides is 1. The molecule has 0 fully saturated rings. The molecule has 0 aliphatic heterocycles. The van der Waals surface area contributed by atoms with Gasteiger partial charge in [0.05, 0.1) is 13.2 Å². The Hall–Kier alpha value is -2.00. The number of carbonyl (C=O) groups excluding carboxylic acids is 1. The van der Waals surface area contributed by atoms with Gasteiger partial charge in [-0.15, -0.1) is 0 Å². The van der Waals surface area contributed by atoms with E-state index in [4.69, 9.17) is 16.3 Å². The third-order valence-electron chi connectivity index (χ3n) is 3.07. The van der Waals surface area contributed by atoms with Gasteiger partial charge in [0.15, 0.2) is 0 Å². The zero-order valence-electron chi connectivity index (χ0n) is 11.4. The minimum absolute atomic E-state index is 0.0816. The van der Waals surface area contributed by atoms with Crippen molar-refractivity contribution in [1.82, 2.24) is 5.32 Å². The highest BCUT2D eigenvalue weighted by atomic mass is 35.5. The van der Waals surface area contributed by atoms with E-state index in [9.17, 15) is 4.79 Å². The fraction of sp³-hybridized carbons (Fsp3) is 0.188. The van der Waals surface area contributed by atoms with Crippen LogP contribution in [0.25, 0.3) is 0 Å². The van der Waals surface area contributed by atoms with E-state index < -0.39 is 0 Å². The van der Waals surface area contributed by atoms with Crippen molar-refractivity contribution in [2.45, 2.75) is 13.0 Å². The standard InChI is InChI=1S/C16H16ClNO2/c1-11(12-3-7-14(17)8-4-12)18-16(19)13-5-9-15(20-2)10-6-13/h3-11H,1-2H3,(H,18,19)/t11-/m1/s1. The summed E-state index contributed by atoms with van der Waals surface area (Å²) < 4.78 is 5.07. The van der Waals surface area contributed by atoms with Crippen molar-refractivity contribution in [3.63, 3.8) is 0 Å². The van der Waals surface area contributed by atoms with Crippen molar-refractivity contribution < 1.29 is 9.53 Å². The number of hydrogen-bond donors (Lipinski definition) is 1. The van der Waals surface area contributed by atoms with Crippen LogP contribution in [0.3, 0.4) is 0 Å². The Balaban J connectivity index is 2.04. The van der Waals surface area contributed by atoms with Crippen LogP contribution < -0.4 is 10.1 Å². The van der Waals surface area contributed by atoms with Crippen molar-refractivity contribution in [3.8, 4) is 5.75 Å². The minimum atomic E-state index is -0.116. The van der Waals surface area contributed by atoms with E-state index in [0.29, 0.717) is 10.6 Å². The molecule has 0 spiro atoms. The SMILES string of the molecule is COc1ccc(C(=O)N[C@H](C)c2ccc(Cl)cc2)cc1. The van der Waals surface area contributed by atoms with Crippen LogP contribution in [0.2, 0.25) is 5.02 Å². The average molecular weight is 290 g/mol. The van der Waals surface area contributed by atoms with Gasteiger partial charge in [-0.2, -0.15) is 0 Å². The Morgan fingerprint density at radius 3 is 2.25 bits per heavy atom. The van der Waals surface area contributed by atoms with Gasteiger partial charge in [0.25, 0.3) is 5.91 Å². The first kappa shape index (κ1) is 14.4. The summed E-state index contributed by atoms with van der Waals surface area (Å²) in [5.74, 6) is 0.613. The van der Waals surface area contributed by atoms with Gasteiger partial charge in [-0.25, -0.2) is 0 Å². The molecule has 2 rings (SSSR count). The van der Waals surface area contributed by atoms with Crippen LogP contribution in [0.5, 0.6) is 5.75 Å². The van der Waals surface area contributed by atoms with Gasteiger partial charge in [-0.3, -0.25) is 4.79 Å². The third kappa shape index (κ3) is 3.52. The van der Waals surface area contributed by atoms with Crippen molar-refractivity contribution >= 4 is 17.5 Å². The Kier molecular flexibility index (Phi) is 4.64. The van der Waals surface area contributed by atoms with Crippen molar-refractivity contribution in [1.29, 1.82) is 0 Å². The predicted octanol–water partition coefficient (Wildman–Crippen LogP) is 3.84. The molecular weight excluding hydrogens is 274 g/mol. The zero-order chi connectivity index (χ0) is 14.5. The Labute approximate surface area is 123 Å². The lowest BCUT2D eigenvalue weighted by Crippen LogP contribution is -2.26. The molecule has 1 amide bonds. The summed E-state index contributed by atoms with van der Waals surface area (Å²) in [4.78, 5) is 12.1. The largest absolute Gasteiger partial charge is 0.497 e. The number of methoxy groups -OCH3 is 1. The molecule has 0 saturated heterocycles. The molecule has 20 heavy (non-hydrogen) atoms. The molecule has 0 radical (unpaired) electrons. The summed E-state index contributed by atoms with van der Waals surface area (Å²) in [7, 11) is 1.59. The van der Waals surface area contributed by atoms with E-state index in [2.05, 4.69) is 5.32 Å². The molecule has 0 unspecified atom stereocenters. The molecule has 3 nitrogen and oxygen atoms in total. The van der Waals surface area contributed by atoms with E-state index in [1.807, 2.05) is 31.2 Å². The molecule has 0 bridgehead atoms. The highest BCUT2D eigenvalue weighted by Crippen LogP contribution is 2.17. The molecule has 0 aliphatic rings. The monoisotopic (exact) mass is 289 g/mol. The van der Waals surface area contributed by atoms with Crippen LogP contribution in [-0.4, -0.2) is 13.0 Å². The maximum atomic E-state index is 12.1. The first-order valence-corrected chi connectivity index (χ1v) is 6.68.